The summed E-state index contributed by atoms with van der Waals surface area (Å²) in [6.45, 7) is 6.22. The molecular formula is C26H17NO2. The standard InChI is InChI=1S/C26H17NO2/c1-3-4-8-16-15(2)28-21-12-7-10-17-18-13-14-27-26-25(18)24(23(16)22(17)21)19-9-5-6-11-20(19)29-26/h3-14H,2H2,1H3/b4-3-,16-8+. The fourth-order valence-electron chi connectivity index (χ4n) is 4.44. The molecule has 6 rings (SSSR count). The second kappa shape index (κ2) is 5.82. The first-order valence-corrected chi connectivity index (χ1v) is 9.63. The van der Waals surface area contributed by atoms with Crippen LogP contribution in [0.15, 0.2) is 75.7 Å². The SMILES string of the molecule is C=c1oc2cccc3c4ccnc5oc6ccccc6c(c(/c1=C/C=C\C)c23)c54. The van der Waals surface area contributed by atoms with Crippen LogP contribution in [0.3, 0.4) is 0 Å². The van der Waals surface area contributed by atoms with Crippen LogP contribution in [-0.4, -0.2) is 4.98 Å². The Hall–Kier alpha value is -3.85. The second-order valence-electron chi connectivity index (χ2n) is 7.20. The Bertz CT molecular complexity index is 1730. The Balaban J connectivity index is 2.15. The average Bonchev–Trinajstić information content (AvgIpc) is 2.75. The molecule has 0 saturated carbocycles. The lowest BCUT2D eigenvalue weighted by molar-refractivity contribution is 0.565. The molecule has 3 heterocycles. The lowest BCUT2D eigenvalue weighted by Gasteiger charge is -2.15. The summed E-state index contributed by atoms with van der Waals surface area (Å²) in [6, 6.07) is 16.4. The van der Waals surface area contributed by atoms with Gasteiger partial charge in [0.2, 0.25) is 5.71 Å². The third kappa shape index (κ3) is 2.10. The molecule has 3 nitrogen and oxygen atoms in total. The number of pyridine rings is 1. The van der Waals surface area contributed by atoms with Gasteiger partial charge in [-0.1, -0.05) is 55.1 Å². The van der Waals surface area contributed by atoms with Crippen molar-refractivity contribution in [3.63, 3.8) is 0 Å². The number of hydrogen-bond acceptors (Lipinski definition) is 3. The van der Waals surface area contributed by atoms with E-state index in [4.69, 9.17) is 8.83 Å². The van der Waals surface area contributed by atoms with Crippen LogP contribution in [0.25, 0.3) is 67.2 Å². The molecule has 6 aromatic rings. The van der Waals surface area contributed by atoms with Gasteiger partial charge in [-0.3, -0.25) is 0 Å². The van der Waals surface area contributed by atoms with Crippen molar-refractivity contribution >= 4 is 67.2 Å². The summed E-state index contributed by atoms with van der Waals surface area (Å²) < 4.78 is 12.3. The van der Waals surface area contributed by atoms with Crippen molar-refractivity contribution in [3.05, 3.63) is 77.5 Å². The molecular weight excluding hydrogens is 358 g/mol. The van der Waals surface area contributed by atoms with Gasteiger partial charge in [0.25, 0.3) is 0 Å². The number of rotatable bonds is 1. The molecule has 0 atom stereocenters. The summed E-state index contributed by atoms with van der Waals surface area (Å²) in [6.07, 6.45) is 7.91. The first-order valence-electron chi connectivity index (χ1n) is 9.63. The van der Waals surface area contributed by atoms with E-state index in [0.29, 0.717) is 11.1 Å². The van der Waals surface area contributed by atoms with Gasteiger partial charge < -0.3 is 8.83 Å². The van der Waals surface area contributed by atoms with Crippen LogP contribution in [0, 0.1) is 0 Å². The number of hydrogen-bond donors (Lipinski definition) is 0. The predicted molar refractivity (Wildman–Crippen MR) is 120 cm³/mol. The van der Waals surface area contributed by atoms with Crippen molar-refractivity contribution in [3.8, 4) is 0 Å². The molecule has 3 heteroatoms. The van der Waals surface area contributed by atoms with Gasteiger partial charge >= 0.3 is 0 Å². The Labute approximate surface area is 165 Å². The van der Waals surface area contributed by atoms with Crippen LogP contribution < -0.4 is 10.6 Å². The van der Waals surface area contributed by atoms with E-state index in [1.54, 1.807) is 0 Å². The maximum Gasteiger partial charge on any atom is 0.227 e. The minimum Gasteiger partial charge on any atom is -0.457 e. The van der Waals surface area contributed by atoms with Crippen molar-refractivity contribution in [1.29, 1.82) is 0 Å². The van der Waals surface area contributed by atoms with Gasteiger partial charge in [-0.2, -0.15) is 0 Å². The van der Waals surface area contributed by atoms with Crippen LogP contribution in [0.2, 0.25) is 0 Å². The highest BCUT2D eigenvalue weighted by molar-refractivity contribution is 6.35. The van der Waals surface area contributed by atoms with Gasteiger partial charge in [0.15, 0.2) is 0 Å². The maximum atomic E-state index is 6.19. The Morgan fingerprint density at radius 3 is 2.48 bits per heavy atom. The third-order valence-electron chi connectivity index (χ3n) is 5.60. The van der Waals surface area contributed by atoms with E-state index >= 15 is 0 Å². The zero-order valence-electron chi connectivity index (χ0n) is 15.9. The van der Waals surface area contributed by atoms with Crippen molar-refractivity contribution in [2.24, 2.45) is 0 Å². The van der Waals surface area contributed by atoms with E-state index < -0.39 is 0 Å². The third-order valence-corrected chi connectivity index (χ3v) is 5.60. The van der Waals surface area contributed by atoms with E-state index in [0.717, 1.165) is 54.1 Å². The van der Waals surface area contributed by atoms with Gasteiger partial charge in [-0.05, 0) is 35.9 Å². The second-order valence-corrected chi connectivity index (χ2v) is 7.20. The van der Waals surface area contributed by atoms with Crippen LogP contribution in [-0.2, 0) is 0 Å². The monoisotopic (exact) mass is 375 g/mol. The topological polar surface area (TPSA) is 39.2 Å². The lowest BCUT2D eigenvalue weighted by atomic mass is 9.92. The number of benzene rings is 3. The molecule has 0 amide bonds. The Morgan fingerprint density at radius 2 is 1.59 bits per heavy atom. The summed E-state index contributed by atoms with van der Waals surface area (Å²) in [4.78, 5) is 4.56. The molecule has 3 aromatic heterocycles. The van der Waals surface area contributed by atoms with Crippen molar-refractivity contribution in [2.45, 2.75) is 6.92 Å². The van der Waals surface area contributed by atoms with Crippen molar-refractivity contribution in [1.82, 2.24) is 4.98 Å². The zero-order chi connectivity index (χ0) is 19.5. The summed E-state index contributed by atoms with van der Waals surface area (Å²) in [7, 11) is 0. The van der Waals surface area contributed by atoms with Gasteiger partial charge in [0.1, 0.15) is 16.6 Å². The summed E-state index contributed by atoms with van der Waals surface area (Å²) in [5, 5.41) is 8.68. The minimum atomic E-state index is 0.641. The van der Waals surface area contributed by atoms with E-state index in [1.165, 1.54) is 0 Å². The largest absolute Gasteiger partial charge is 0.457 e. The fraction of sp³-hybridized carbons (Fsp3) is 0.0385. The van der Waals surface area contributed by atoms with Crippen molar-refractivity contribution < 1.29 is 8.83 Å². The smallest absolute Gasteiger partial charge is 0.227 e. The minimum absolute atomic E-state index is 0.641. The van der Waals surface area contributed by atoms with Gasteiger partial charge in [-0.15, -0.1) is 0 Å². The summed E-state index contributed by atoms with van der Waals surface area (Å²) in [5.41, 5.74) is 2.94. The highest BCUT2D eigenvalue weighted by Crippen LogP contribution is 2.41. The molecule has 0 saturated heterocycles. The molecule has 0 N–H and O–H groups in total. The first-order chi connectivity index (χ1) is 14.3. The van der Waals surface area contributed by atoms with Gasteiger partial charge in [0, 0.05) is 33.0 Å². The quantitative estimate of drug-likeness (QED) is 0.269. The Kier molecular flexibility index (Phi) is 3.24. The molecule has 0 aliphatic heterocycles. The Morgan fingerprint density at radius 1 is 0.793 bits per heavy atom. The van der Waals surface area contributed by atoms with Gasteiger partial charge in [0.05, 0.1) is 5.39 Å². The number of fused-ring (bicyclic) bond motifs is 4. The molecule has 0 aliphatic rings. The number of aromatic nitrogens is 1. The van der Waals surface area contributed by atoms with Crippen LogP contribution in [0.5, 0.6) is 0 Å². The average molecular weight is 375 g/mol. The van der Waals surface area contributed by atoms with Crippen LogP contribution >= 0.6 is 0 Å². The number of para-hydroxylation sites is 1. The number of nitrogens with zero attached hydrogens (tertiary/aromatic N) is 1. The molecule has 0 aliphatic carbocycles. The summed E-state index contributed by atoms with van der Waals surface area (Å²) >= 11 is 0. The first kappa shape index (κ1) is 16.1. The lowest BCUT2D eigenvalue weighted by Crippen LogP contribution is -2.24. The molecule has 29 heavy (non-hydrogen) atoms. The van der Waals surface area contributed by atoms with Gasteiger partial charge in [-0.25, -0.2) is 4.98 Å². The van der Waals surface area contributed by atoms with E-state index in [9.17, 15) is 0 Å². The molecule has 0 radical (unpaired) electrons. The number of allylic oxidation sites excluding steroid dienone is 2. The normalized spacial score (nSPS) is 13.2. The summed E-state index contributed by atoms with van der Waals surface area (Å²) in [5.74, 6) is 0. The van der Waals surface area contributed by atoms with E-state index in [2.05, 4.69) is 35.8 Å². The molecule has 0 bridgehead atoms. The van der Waals surface area contributed by atoms with Crippen molar-refractivity contribution in [2.75, 3.05) is 0 Å². The molecule has 0 spiro atoms. The zero-order valence-corrected chi connectivity index (χ0v) is 15.9. The predicted octanol–water partition coefficient (Wildman–Crippen LogP) is 5.80. The highest BCUT2D eigenvalue weighted by atomic mass is 16.3. The fourth-order valence-corrected chi connectivity index (χ4v) is 4.44. The maximum absolute atomic E-state index is 6.19. The van der Waals surface area contributed by atoms with Crippen LogP contribution in [0.1, 0.15) is 6.92 Å². The highest BCUT2D eigenvalue weighted by Gasteiger charge is 2.19. The molecule has 0 unspecified atom stereocenters. The van der Waals surface area contributed by atoms with E-state index in [1.807, 2.05) is 55.6 Å². The van der Waals surface area contributed by atoms with Crippen LogP contribution in [0.4, 0.5) is 0 Å². The van der Waals surface area contributed by atoms with E-state index in [-0.39, 0.29) is 0 Å². The molecule has 138 valence electrons. The molecule has 0 fully saturated rings. The molecule has 3 aromatic carbocycles.